The summed E-state index contributed by atoms with van der Waals surface area (Å²) in [6.45, 7) is 1.27. The van der Waals surface area contributed by atoms with Gasteiger partial charge in [0.05, 0.1) is 0 Å². The van der Waals surface area contributed by atoms with Gasteiger partial charge in [0.1, 0.15) is 29.6 Å². The standard InChI is InChI=1S/C14H14FN5O4S/c1-8-16-3-2-12(18-8)17-6-9-4-10(15)14(11(21)5-9)20-7-13(22)19-25(20,23)24/h2-5,21H,6-7H2,1H3,(H,19,22)(H,16,17,18). The zero-order chi connectivity index (χ0) is 18.2. The van der Waals surface area contributed by atoms with E-state index in [1.165, 1.54) is 6.07 Å². The van der Waals surface area contributed by atoms with E-state index in [4.69, 9.17) is 0 Å². The predicted octanol–water partition coefficient (Wildman–Crippen LogP) is 0.423. The highest BCUT2D eigenvalue weighted by atomic mass is 32.2. The van der Waals surface area contributed by atoms with Crippen molar-refractivity contribution in [3.63, 3.8) is 0 Å². The van der Waals surface area contributed by atoms with Crippen LogP contribution in [0, 0.1) is 12.7 Å². The molecule has 0 radical (unpaired) electrons. The van der Waals surface area contributed by atoms with Gasteiger partial charge in [-0.05, 0) is 30.7 Å². The first-order chi connectivity index (χ1) is 11.8. The number of carbonyl (C=O) groups is 1. The molecular weight excluding hydrogens is 353 g/mol. The first-order valence-corrected chi connectivity index (χ1v) is 8.58. The molecule has 25 heavy (non-hydrogen) atoms. The molecule has 132 valence electrons. The van der Waals surface area contributed by atoms with E-state index in [9.17, 15) is 22.7 Å². The molecule has 1 fully saturated rings. The van der Waals surface area contributed by atoms with Gasteiger partial charge < -0.3 is 10.4 Å². The number of nitrogens with one attached hydrogen (secondary N) is 2. The number of anilines is 2. The summed E-state index contributed by atoms with van der Waals surface area (Å²) in [4.78, 5) is 19.3. The van der Waals surface area contributed by atoms with Crippen molar-refractivity contribution in [1.82, 2.24) is 14.7 Å². The molecule has 3 rings (SSSR count). The van der Waals surface area contributed by atoms with Gasteiger partial charge in [0.15, 0.2) is 5.82 Å². The normalized spacial score (nSPS) is 15.9. The van der Waals surface area contributed by atoms with Crippen molar-refractivity contribution in [3.8, 4) is 5.75 Å². The molecule has 0 aliphatic carbocycles. The average molecular weight is 367 g/mol. The first-order valence-electron chi connectivity index (χ1n) is 7.14. The van der Waals surface area contributed by atoms with Crippen LogP contribution in [0.3, 0.4) is 0 Å². The Kier molecular flexibility index (Phi) is 4.17. The Balaban J connectivity index is 1.84. The fraction of sp³-hybridized carbons (Fsp3) is 0.214. The highest BCUT2D eigenvalue weighted by molar-refractivity contribution is 7.92. The molecule has 3 N–H and O–H groups in total. The van der Waals surface area contributed by atoms with E-state index in [1.54, 1.807) is 23.9 Å². The van der Waals surface area contributed by atoms with Crippen molar-refractivity contribution < 1.29 is 22.7 Å². The summed E-state index contributed by atoms with van der Waals surface area (Å²) in [7, 11) is -4.21. The average Bonchev–Trinajstić information content (AvgIpc) is 2.77. The lowest BCUT2D eigenvalue weighted by molar-refractivity contribution is -0.117. The zero-order valence-corrected chi connectivity index (χ0v) is 13.8. The number of aromatic nitrogens is 2. The van der Waals surface area contributed by atoms with Crippen LogP contribution in [-0.2, 0) is 21.5 Å². The monoisotopic (exact) mass is 367 g/mol. The van der Waals surface area contributed by atoms with Crippen LogP contribution in [0.5, 0.6) is 5.75 Å². The van der Waals surface area contributed by atoms with Crippen molar-refractivity contribution in [3.05, 3.63) is 41.6 Å². The fourth-order valence-electron chi connectivity index (χ4n) is 2.38. The quantitative estimate of drug-likeness (QED) is 0.715. The number of nitrogens with zero attached hydrogens (tertiary/aromatic N) is 3. The molecule has 1 aliphatic heterocycles. The third-order valence-electron chi connectivity index (χ3n) is 3.42. The Morgan fingerprint density at radius 2 is 2.20 bits per heavy atom. The zero-order valence-electron chi connectivity index (χ0n) is 13.0. The van der Waals surface area contributed by atoms with Crippen LogP contribution >= 0.6 is 0 Å². The largest absolute Gasteiger partial charge is 0.506 e. The van der Waals surface area contributed by atoms with Crippen molar-refractivity contribution >= 4 is 27.6 Å². The fourth-order valence-corrected chi connectivity index (χ4v) is 3.55. The molecule has 0 saturated carbocycles. The Hall–Kier alpha value is -2.95. The summed E-state index contributed by atoms with van der Waals surface area (Å²) in [5, 5.41) is 13.0. The van der Waals surface area contributed by atoms with Crippen LogP contribution in [0.15, 0.2) is 24.4 Å². The van der Waals surface area contributed by atoms with E-state index in [1.807, 2.05) is 0 Å². The molecule has 1 amide bonds. The minimum atomic E-state index is -4.21. The van der Waals surface area contributed by atoms with E-state index in [-0.39, 0.29) is 6.54 Å². The minimum Gasteiger partial charge on any atom is -0.506 e. The highest BCUT2D eigenvalue weighted by Crippen LogP contribution is 2.34. The predicted molar refractivity (Wildman–Crippen MR) is 86.6 cm³/mol. The van der Waals surface area contributed by atoms with Crippen molar-refractivity contribution in [2.24, 2.45) is 0 Å². The smallest absolute Gasteiger partial charge is 0.326 e. The number of aryl methyl sites for hydroxylation is 1. The highest BCUT2D eigenvalue weighted by Gasteiger charge is 2.37. The Bertz CT molecular complexity index is 927. The van der Waals surface area contributed by atoms with Crippen LogP contribution in [0.2, 0.25) is 0 Å². The van der Waals surface area contributed by atoms with Crippen LogP contribution in [0.1, 0.15) is 11.4 Å². The lowest BCUT2D eigenvalue weighted by atomic mass is 10.1. The van der Waals surface area contributed by atoms with Crippen LogP contribution < -0.4 is 14.3 Å². The number of hydrogen-bond acceptors (Lipinski definition) is 7. The second-order valence-corrected chi connectivity index (χ2v) is 6.92. The van der Waals surface area contributed by atoms with E-state index >= 15 is 0 Å². The SMILES string of the molecule is Cc1nccc(NCc2cc(O)c(N3CC(=O)NS3(=O)=O)c(F)c2)n1. The summed E-state index contributed by atoms with van der Waals surface area (Å²) in [5.74, 6) is -1.27. The third kappa shape index (κ3) is 3.45. The maximum atomic E-state index is 14.4. The molecule has 1 aromatic carbocycles. The van der Waals surface area contributed by atoms with Gasteiger partial charge in [-0.3, -0.25) is 4.79 Å². The van der Waals surface area contributed by atoms with Crippen LogP contribution in [-0.4, -0.2) is 35.9 Å². The van der Waals surface area contributed by atoms with Gasteiger partial charge in [0.25, 0.3) is 5.91 Å². The number of phenols is 1. The number of hydrogen-bond donors (Lipinski definition) is 3. The van der Waals surface area contributed by atoms with Crippen LogP contribution in [0.25, 0.3) is 0 Å². The van der Waals surface area contributed by atoms with Gasteiger partial charge in [-0.25, -0.2) is 23.4 Å². The lowest BCUT2D eigenvalue weighted by Gasteiger charge is -2.18. The second-order valence-electron chi connectivity index (χ2n) is 5.32. The number of phenolic OH excluding ortho intramolecular Hbond substituents is 1. The molecule has 2 aromatic rings. The molecule has 0 bridgehead atoms. The number of rotatable bonds is 4. The molecule has 2 heterocycles. The maximum Gasteiger partial charge on any atom is 0.326 e. The molecule has 1 aromatic heterocycles. The van der Waals surface area contributed by atoms with E-state index in [2.05, 4.69) is 15.3 Å². The number of benzene rings is 1. The summed E-state index contributed by atoms with van der Waals surface area (Å²) in [6.07, 6.45) is 1.56. The number of amides is 1. The van der Waals surface area contributed by atoms with E-state index < -0.39 is 39.9 Å². The summed E-state index contributed by atoms with van der Waals surface area (Å²) >= 11 is 0. The van der Waals surface area contributed by atoms with Crippen molar-refractivity contribution in [1.29, 1.82) is 0 Å². The number of halogens is 1. The van der Waals surface area contributed by atoms with Crippen molar-refractivity contribution in [2.45, 2.75) is 13.5 Å². The summed E-state index contributed by atoms with van der Waals surface area (Å²) in [6, 6.07) is 3.93. The second kappa shape index (κ2) is 6.16. The molecule has 0 atom stereocenters. The van der Waals surface area contributed by atoms with Gasteiger partial charge in [0, 0.05) is 12.7 Å². The first kappa shape index (κ1) is 16.9. The number of aromatic hydroxyl groups is 1. The number of carbonyl (C=O) groups excluding carboxylic acids is 1. The minimum absolute atomic E-state index is 0.144. The maximum absolute atomic E-state index is 14.4. The molecule has 9 nitrogen and oxygen atoms in total. The third-order valence-corrected chi connectivity index (χ3v) is 4.80. The molecule has 0 unspecified atom stereocenters. The van der Waals surface area contributed by atoms with Gasteiger partial charge in [-0.15, -0.1) is 0 Å². The molecule has 1 aliphatic rings. The lowest BCUT2D eigenvalue weighted by Crippen LogP contribution is -2.30. The van der Waals surface area contributed by atoms with Gasteiger partial charge >= 0.3 is 10.2 Å². The Morgan fingerprint density at radius 3 is 2.80 bits per heavy atom. The van der Waals surface area contributed by atoms with Gasteiger partial charge in [-0.2, -0.15) is 8.42 Å². The Labute approximate surface area is 142 Å². The van der Waals surface area contributed by atoms with Gasteiger partial charge in [-0.1, -0.05) is 0 Å². The molecule has 11 heteroatoms. The van der Waals surface area contributed by atoms with Crippen LogP contribution in [0.4, 0.5) is 15.9 Å². The van der Waals surface area contributed by atoms with E-state index in [0.717, 1.165) is 6.07 Å². The van der Waals surface area contributed by atoms with Gasteiger partial charge in [0.2, 0.25) is 0 Å². The topological polar surface area (TPSA) is 125 Å². The van der Waals surface area contributed by atoms with E-state index in [0.29, 0.717) is 21.5 Å². The summed E-state index contributed by atoms with van der Waals surface area (Å²) < 4.78 is 40.2. The molecular formula is C14H14FN5O4S. The molecule has 1 saturated heterocycles. The summed E-state index contributed by atoms with van der Waals surface area (Å²) in [5.41, 5.74) is -0.203. The Morgan fingerprint density at radius 1 is 1.44 bits per heavy atom. The van der Waals surface area contributed by atoms with Crippen molar-refractivity contribution in [2.75, 3.05) is 16.2 Å². The molecule has 0 spiro atoms.